The Hall–Kier alpha value is -0.390. The van der Waals surface area contributed by atoms with Gasteiger partial charge in [-0.05, 0) is 35.3 Å². The van der Waals surface area contributed by atoms with Gasteiger partial charge in [-0.1, -0.05) is 0 Å². The van der Waals surface area contributed by atoms with E-state index in [4.69, 9.17) is 5.73 Å². The van der Waals surface area contributed by atoms with E-state index >= 15 is 0 Å². The molecule has 1 saturated heterocycles. The maximum absolute atomic E-state index is 12.1. The van der Waals surface area contributed by atoms with Gasteiger partial charge in [0.05, 0.1) is 9.35 Å². The van der Waals surface area contributed by atoms with Crippen LogP contribution in [0.1, 0.15) is 21.7 Å². The smallest absolute Gasteiger partial charge is 0.255 e. The zero-order valence-corrected chi connectivity index (χ0v) is 10.9. The van der Waals surface area contributed by atoms with Crippen molar-refractivity contribution in [3.63, 3.8) is 0 Å². The van der Waals surface area contributed by atoms with Crippen molar-refractivity contribution in [2.75, 3.05) is 13.1 Å². The van der Waals surface area contributed by atoms with Gasteiger partial charge in [-0.25, -0.2) is 0 Å². The van der Waals surface area contributed by atoms with Crippen molar-refractivity contribution in [2.45, 2.75) is 19.4 Å². The first kappa shape index (κ1) is 11.1. The van der Waals surface area contributed by atoms with Crippen molar-refractivity contribution in [3.8, 4) is 0 Å². The monoisotopic (exact) mass is 288 g/mol. The first-order chi connectivity index (χ1) is 7.08. The molecule has 2 rings (SSSR count). The highest BCUT2D eigenvalue weighted by Gasteiger charge is 2.26. The number of nitrogens with two attached hydrogens (primary N) is 1. The number of rotatable bonds is 1. The van der Waals surface area contributed by atoms with Crippen LogP contribution in [-0.2, 0) is 0 Å². The normalized spacial score (nSPS) is 21.0. The van der Waals surface area contributed by atoms with Gasteiger partial charge in [0, 0.05) is 24.0 Å². The Balaban J connectivity index is 2.17. The number of hydrogen-bond acceptors (Lipinski definition) is 3. The summed E-state index contributed by atoms with van der Waals surface area (Å²) in [6.45, 7) is 3.46. The lowest BCUT2D eigenvalue weighted by atomic mass is 10.3. The summed E-state index contributed by atoms with van der Waals surface area (Å²) in [5.41, 5.74) is 6.55. The summed E-state index contributed by atoms with van der Waals surface area (Å²) < 4.78 is 0.922. The SMILES string of the molecule is Cc1cc(C(=O)N2CCC(N)C2)c(Br)s1. The average Bonchev–Trinajstić information content (AvgIpc) is 2.71. The molecular weight excluding hydrogens is 276 g/mol. The summed E-state index contributed by atoms with van der Waals surface area (Å²) in [6, 6.07) is 2.08. The molecule has 0 spiro atoms. The van der Waals surface area contributed by atoms with Gasteiger partial charge in [-0.3, -0.25) is 4.79 Å². The Morgan fingerprint density at radius 2 is 2.47 bits per heavy atom. The molecule has 0 bridgehead atoms. The van der Waals surface area contributed by atoms with E-state index in [-0.39, 0.29) is 11.9 Å². The predicted octanol–water partition coefficient (Wildman–Crippen LogP) is 1.99. The fourth-order valence-electron chi connectivity index (χ4n) is 1.77. The van der Waals surface area contributed by atoms with Crippen LogP contribution in [0.25, 0.3) is 0 Å². The first-order valence-corrected chi connectivity index (χ1v) is 6.49. The minimum Gasteiger partial charge on any atom is -0.337 e. The largest absolute Gasteiger partial charge is 0.337 e. The third-order valence-electron chi connectivity index (χ3n) is 2.55. The van der Waals surface area contributed by atoms with E-state index in [0.29, 0.717) is 6.54 Å². The minimum absolute atomic E-state index is 0.0965. The van der Waals surface area contributed by atoms with Gasteiger partial charge in [0.1, 0.15) is 0 Å². The van der Waals surface area contributed by atoms with Crippen LogP contribution in [0.2, 0.25) is 0 Å². The minimum atomic E-state index is 0.0965. The molecule has 0 aliphatic carbocycles. The topological polar surface area (TPSA) is 46.3 Å². The fourth-order valence-corrected chi connectivity index (χ4v) is 3.54. The van der Waals surface area contributed by atoms with E-state index in [2.05, 4.69) is 15.9 Å². The molecule has 0 aromatic carbocycles. The van der Waals surface area contributed by atoms with E-state index in [0.717, 1.165) is 27.2 Å². The second-order valence-corrected chi connectivity index (χ2v) is 6.42. The zero-order valence-electron chi connectivity index (χ0n) is 8.50. The zero-order chi connectivity index (χ0) is 11.0. The van der Waals surface area contributed by atoms with Gasteiger partial charge in [-0.2, -0.15) is 0 Å². The summed E-state index contributed by atoms with van der Waals surface area (Å²) in [7, 11) is 0. The average molecular weight is 289 g/mol. The Labute approximate surface area is 101 Å². The number of likely N-dealkylation sites (tertiary alicyclic amines) is 1. The van der Waals surface area contributed by atoms with E-state index in [1.807, 2.05) is 17.9 Å². The van der Waals surface area contributed by atoms with Crippen molar-refractivity contribution in [2.24, 2.45) is 5.73 Å². The molecule has 1 unspecified atom stereocenters. The molecule has 1 aromatic rings. The van der Waals surface area contributed by atoms with Crippen molar-refractivity contribution in [3.05, 3.63) is 20.3 Å². The maximum atomic E-state index is 12.1. The van der Waals surface area contributed by atoms with Crippen LogP contribution >= 0.6 is 27.3 Å². The molecule has 1 atom stereocenters. The Morgan fingerprint density at radius 1 is 1.73 bits per heavy atom. The summed E-state index contributed by atoms with van der Waals surface area (Å²) >= 11 is 5.01. The molecule has 0 saturated carbocycles. The van der Waals surface area contributed by atoms with Crippen LogP contribution in [0, 0.1) is 6.92 Å². The van der Waals surface area contributed by atoms with Crippen molar-refractivity contribution >= 4 is 33.2 Å². The second kappa shape index (κ2) is 4.23. The number of nitrogens with zero attached hydrogens (tertiary/aromatic N) is 1. The van der Waals surface area contributed by atoms with Crippen molar-refractivity contribution < 1.29 is 4.79 Å². The molecule has 3 nitrogen and oxygen atoms in total. The van der Waals surface area contributed by atoms with Crippen LogP contribution < -0.4 is 5.73 Å². The maximum Gasteiger partial charge on any atom is 0.255 e. The van der Waals surface area contributed by atoms with Crippen molar-refractivity contribution in [1.82, 2.24) is 4.90 Å². The molecule has 1 aliphatic heterocycles. The van der Waals surface area contributed by atoms with Gasteiger partial charge in [0.2, 0.25) is 0 Å². The highest BCUT2D eigenvalue weighted by Crippen LogP contribution is 2.29. The lowest BCUT2D eigenvalue weighted by molar-refractivity contribution is 0.0790. The van der Waals surface area contributed by atoms with Crippen molar-refractivity contribution in [1.29, 1.82) is 0 Å². The molecule has 0 radical (unpaired) electrons. The van der Waals surface area contributed by atoms with E-state index < -0.39 is 0 Å². The number of halogens is 1. The molecule has 2 N–H and O–H groups in total. The number of aryl methyl sites for hydroxylation is 1. The predicted molar refractivity (Wildman–Crippen MR) is 65.3 cm³/mol. The van der Waals surface area contributed by atoms with Crippen LogP contribution in [0.5, 0.6) is 0 Å². The summed E-state index contributed by atoms with van der Waals surface area (Å²) in [4.78, 5) is 15.1. The number of hydrogen-bond donors (Lipinski definition) is 1. The number of carbonyl (C=O) groups is 1. The fraction of sp³-hybridized carbons (Fsp3) is 0.500. The number of amides is 1. The number of carbonyl (C=O) groups excluding carboxylic acids is 1. The summed E-state index contributed by atoms with van der Waals surface area (Å²) in [5, 5.41) is 0. The lowest BCUT2D eigenvalue weighted by Gasteiger charge is -2.14. The summed E-state index contributed by atoms with van der Waals surface area (Å²) in [5.74, 6) is 0.0965. The molecule has 1 amide bonds. The van der Waals surface area contributed by atoms with E-state index in [1.54, 1.807) is 11.3 Å². The van der Waals surface area contributed by atoms with Gasteiger partial charge < -0.3 is 10.6 Å². The van der Waals surface area contributed by atoms with E-state index in [9.17, 15) is 4.79 Å². The quantitative estimate of drug-likeness (QED) is 0.859. The first-order valence-electron chi connectivity index (χ1n) is 4.88. The highest BCUT2D eigenvalue weighted by atomic mass is 79.9. The summed E-state index contributed by atoms with van der Waals surface area (Å²) in [6.07, 6.45) is 0.909. The third-order valence-corrected chi connectivity index (χ3v) is 4.30. The molecule has 82 valence electrons. The highest BCUT2D eigenvalue weighted by molar-refractivity contribution is 9.11. The van der Waals surface area contributed by atoms with Gasteiger partial charge in [0.15, 0.2) is 0 Å². The van der Waals surface area contributed by atoms with Crippen LogP contribution in [-0.4, -0.2) is 29.9 Å². The molecule has 15 heavy (non-hydrogen) atoms. The Kier molecular flexibility index (Phi) is 3.13. The molecule has 2 heterocycles. The van der Waals surface area contributed by atoms with E-state index in [1.165, 1.54) is 0 Å². The molecule has 1 fully saturated rings. The Bertz CT molecular complexity index is 391. The standard InChI is InChI=1S/C10H13BrN2OS/c1-6-4-8(9(11)15-6)10(14)13-3-2-7(12)5-13/h4,7H,2-3,5,12H2,1H3. The van der Waals surface area contributed by atoms with Crippen LogP contribution in [0.15, 0.2) is 9.85 Å². The van der Waals surface area contributed by atoms with Crippen LogP contribution in [0.4, 0.5) is 0 Å². The van der Waals surface area contributed by atoms with Gasteiger partial charge >= 0.3 is 0 Å². The second-order valence-electron chi connectivity index (χ2n) is 3.84. The van der Waals surface area contributed by atoms with Crippen LogP contribution in [0.3, 0.4) is 0 Å². The molecular formula is C10H13BrN2OS. The molecule has 1 aromatic heterocycles. The molecule has 1 aliphatic rings. The lowest BCUT2D eigenvalue weighted by Crippen LogP contribution is -2.31. The Morgan fingerprint density at radius 3 is 2.93 bits per heavy atom. The third kappa shape index (κ3) is 2.24. The van der Waals surface area contributed by atoms with Gasteiger partial charge in [-0.15, -0.1) is 11.3 Å². The molecule has 5 heteroatoms. The number of thiophene rings is 1. The van der Waals surface area contributed by atoms with Gasteiger partial charge in [0.25, 0.3) is 5.91 Å².